The van der Waals surface area contributed by atoms with Crippen LogP contribution in [0.5, 0.6) is 0 Å². The van der Waals surface area contributed by atoms with Gasteiger partial charge in [-0.3, -0.25) is 0 Å². The van der Waals surface area contributed by atoms with Crippen LogP contribution in [-0.2, 0) is 6.54 Å². The van der Waals surface area contributed by atoms with Gasteiger partial charge in [-0.2, -0.15) is 5.26 Å². The summed E-state index contributed by atoms with van der Waals surface area (Å²) in [6, 6.07) is 13.9. The maximum absolute atomic E-state index is 9.01. The lowest BCUT2D eigenvalue weighted by atomic mass is 10.1. The van der Waals surface area contributed by atoms with Crippen molar-refractivity contribution in [2.24, 2.45) is 0 Å². The molecule has 0 amide bonds. The summed E-state index contributed by atoms with van der Waals surface area (Å²) in [6.07, 6.45) is 0. The number of anilines is 1. The topological polar surface area (TPSA) is 54.7 Å². The van der Waals surface area contributed by atoms with Crippen molar-refractivity contribution in [2.75, 3.05) is 5.73 Å². The molecule has 0 radical (unpaired) electrons. The molecule has 2 N–H and O–H groups in total. The normalized spacial score (nSPS) is 10.9. The Bertz CT molecular complexity index is 791. The highest BCUT2D eigenvalue weighted by Gasteiger charge is 2.10. The van der Waals surface area contributed by atoms with Gasteiger partial charge in [-0.1, -0.05) is 0 Å². The predicted octanol–water partition coefficient (Wildman–Crippen LogP) is 3.27. The molecule has 0 saturated heterocycles. The van der Waals surface area contributed by atoms with Crippen LogP contribution in [0.3, 0.4) is 0 Å². The van der Waals surface area contributed by atoms with E-state index in [-0.39, 0.29) is 0 Å². The van der Waals surface area contributed by atoms with E-state index in [0.29, 0.717) is 5.56 Å². The van der Waals surface area contributed by atoms with Crippen LogP contribution in [-0.4, -0.2) is 4.57 Å². The van der Waals surface area contributed by atoms with Gasteiger partial charge in [-0.05, 0) is 43.3 Å². The number of aromatic nitrogens is 1. The number of nitrogens with two attached hydrogens (primary N) is 1. The van der Waals surface area contributed by atoms with Gasteiger partial charge in [-0.25, -0.2) is 0 Å². The fourth-order valence-corrected chi connectivity index (χ4v) is 2.53. The average Bonchev–Trinajstić information content (AvgIpc) is 2.71. The molecular formula is C15H13N3. The molecule has 0 saturated carbocycles. The molecule has 88 valence electrons. The van der Waals surface area contributed by atoms with E-state index in [9.17, 15) is 0 Å². The summed E-state index contributed by atoms with van der Waals surface area (Å²) in [5.74, 6) is 0. The third kappa shape index (κ3) is 1.36. The molecule has 0 aliphatic carbocycles. The Labute approximate surface area is 105 Å². The second-order valence-corrected chi connectivity index (χ2v) is 4.36. The van der Waals surface area contributed by atoms with Gasteiger partial charge in [0.1, 0.15) is 0 Å². The molecule has 18 heavy (non-hydrogen) atoms. The van der Waals surface area contributed by atoms with Gasteiger partial charge in [0.05, 0.1) is 11.6 Å². The van der Waals surface area contributed by atoms with Crippen molar-refractivity contribution in [3.63, 3.8) is 0 Å². The zero-order chi connectivity index (χ0) is 12.7. The SMILES string of the molecule is CCn1c2ccc(N)cc2c2cc(C#N)ccc21. The van der Waals surface area contributed by atoms with Crippen molar-refractivity contribution in [2.45, 2.75) is 13.5 Å². The smallest absolute Gasteiger partial charge is 0.0991 e. The number of aryl methyl sites for hydroxylation is 1. The zero-order valence-electron chi connectivity index (χ0n) is 10.1. The first-order valence-electron chi connectivity index (χ1n) is 5.96. The molecule has 0 bridgehead atoms. The zero-order valence-corrected chi connectivity index (χ0v) is 10.1. The van der Waals surface area contributed by atoms with Gasteiger partial charge in [0.2, 0.25) is 0 Å². The molecule has 1 aromatic heterocycles. The average molecular weight is 235 g/mol. The Hall–Kier alpha value is -2.47. The monoisotopic (exact) mass is 235 g/mol. The molecule has 0 fully saturated rings. The molecule has 2 aromatic carbocycles. The second-order valence-electron chi connectivity index (χ2n) is 4.36. The Morgan fingerprint density at radius 1 is 1.11 bits per heavy atom. The van der Waals surface area contributed by atoms with E-state index in [2.05, 4.69) is 17.6 Å². The first-order valence-corrected chi connectivity index (χ1v) is 5.96. The highest BCUT2D eigenvalue weighted by atomic mass is 15.0. The number of nitriles is 1. The molecule has 0 unspecified atom stereocenters. The molecule has 0 spiro atoms. The summed E-state index contributed by atoms with van der Waals surface area (Å²) in [7, 11) is 0. The number of hydrogen-bond acceptors (Lipinski definition) is 2. The molecule has 3 aromatic rings. The van der Waals surface area contributed by atoms with Gasteiger partial charge >= 0.3 is 0 Å². The second kappa shape index (κ2) is 3.78. The summed E-state index contributed by atoms with van der Waals surface area (Å²) in [5, 5.41) is 11.2. The minimum absolute atomic E-state index is 0.681. The molecular weight excluding hydrogens is 222 g/mol. The van der Waals surface area contributed by atoms with Gasteiger partial charge in [0.15, 0.2) is 0 Å². The number of rotatable bonds is 1. The predicted molar refractivity (Wildman–Crippen MR) is 74.2 cm³/mol. The van der Waals surface area contributed by atoms with E-state index in [1.54, 1.807) is 0 Å². The van der Waals surface area contributed by atoms with Crippen LogP contribution in [0, 0.1) is 11.3 Å². The summed E-state index contributed by atoms with van der Waals surface area (Å²) in [6.45, 7) is 3.02. The first-order chi connectivity index (χ1) is 8.74. The number of nitrogen functional groups attached to an aromatic ring is 1. The van der Waals surface area contributed by atoms with Gasteiger partial charge in [0, 0.05) is 34.0 Å². The molecule has 3 nitrogen and oxygen atoms in total. The molecule has 3 rings (SSSR count). The summed E-state index contributed by atoms with van der Waals surface area (Å²) >= 11 is 0. The summed E-state index contributed by atoms with van der Waals surface area (Å²) < 4.78 is 2.24. The number of benzene rings is 2. The number of nitrogens with zero attached hydrogens (tertiary/aromatic N) is 2. The fraction of sp³-hybridized carbons (Fsp3) is 0.133. The van der Waals surface area contributed by atoms with Crippen molar-refractivity contribution in [1.29, 1.82) is 5.26 Å². The minimum Gasteiger partial charge on any atom is -0.399 e. The van der Waals surface area contributed by atoms with Crippen molar-refractivity contribution >= 4 is 27.5 Å². The highest BCUT2D eigenvalue weighted by molar-refractivity contribution is 6.09. The van der Waals surface area contributed by atoms with Crippen LogP contribution >= 0.6 is 0 Å². The largest absolute Gasteiger partial charge is 0.399 e. The van der Waals surface area contributed by atoms with Gasteiger partial charge in [-0.15, -0.1) is 0 Å². The van der Waals surface area contributed by atoms with Crippen LogP contribution in [0.15, 0.2) is 36.4 Å². The molecule has 3 heteroatoms. The van der Waals surface area contributed by atoms with Crippen LogP contribution in [0.1, 0.15) is 12.5 Å². The Kier molecular flexibility index (Phi) is 2.24. The molecule has 0 atom stereocenters. The lowest BCUT2D eigenvalue weighted by Crippen LogP contribution is -1.93. The lowest BCUT2D eigenvalue weighted by molar-refractivity contribution is 0.827. The van der Waals surface area contributed by atoms with Crippen molar-refractivity contribution in [1.82, 2.24) is 4.57 Å². The maximum atomic E-state index is 9.01. The minimum atomic E-state index is 0.681. The van der Waals surface area contributed by atoms with E-state index in [1.165, 1.54) is 0 Å². The Morgan fingerprint density at radius 2 is 1.78 bits per heavy atom. The number of hydrogen-bond donors (Lipinski definition) is 1. The third-order valence-corrected chi connectivity index (χ3v) is 3.33. The van der Waals surface area contributed by atoms with E-state index < -0.39 is 0 Å². The summed E-state index contributed by atoms with van der Waals surface area (Å²) in [4.78, 5) is 0. The van der Waals surface area contributed by atoms with Crippen molar-refractivity contribution < 1.29 is 0 Å². The Morgan fingerprint density at radius 3 is 2.44 bits per heavy atom. The molecule has 0 aliphatic rings. The molecule has 0 aliphatic heterocycles. The fourth-order valence-electron chi connectivity index (χ4n) is 2.53. The van der Waals surface area contributed by atoms with Crippen molar-refractivity contribution in [3.8, 4) is 6.07 Å². The first kappa shape index (κ1) is 10.7. The van der Waals surface area contributed by atoms with E-state index in [4.69, 9.17) is 11.0 Å². The van der Waals surface area contributed by atoms with Crippen LogP contribution in [0.4, 0.5) is 5.69 Å². The quantitative estimate of drug-likeness (QED) is 0.658. The van der Waals surface area contributed by atoms with Gasteiger partial charge < -0.3 is 10.3 Å². The van der Waals surface area contributed by atoms with E-state index >= 15 is 0 Å². The standard InChI is InChI=1S/C15H13N3/c1-2-18-14-5-3-10(9-16)7-12(14)13-8-11(17)4-6-15(13)18/h3-8H,2,17H2,1H3. The van der Waals surface area contributed by atoms with Crippen LogP contribution in [0.2, 0.25) is 0 Å². The Balaban J connectivity index is 2.54. The van der Waals surface area contributed by atoms with E-state index in [1.807, 2.05) is 36.4 Å². The van der Waals surface area contributed by atoms with E-state index in [0.717, 1.165) is 34.0 Å². The highest BCUT2D eigenvalue weighted by Crippen LogP contribution is 2.30. The van der Waals surface area contributed by atoms with Crippen molar-refractivity contribution in [3.05, 3.63) is 42.0 Å². The maximum Gasteiger partial charge on any atom is 0.0991 e. The van der Waals surface area contributed by atoms with Crippen LogP contribution < -0.4 is 5.73 Å². The third-order valence-electron chi connectivity index (χ3n) is 3.33. The number of fused-ring (bicyclic) bond motifs is 3. The van der Waals surface area contributed by atoms with Gasteiger partial charge in [0.25, 0.3) is 0 Å². The molecule has 1 heterocycles. The summed E-state index contributed by atoms with van der Waals surface area (Å²) in [5.41, 5.74) is 9.61. The lowest BCUT2D eigenvalue weighted by Gasteiger charge is -2.02. The van der Waals surface area contributed by atoms with Crippen LogP contribution in [0.25, 0.3) is 21.8 Å².